The van der Waals surface area contributed by atoms with E-state index in [1.54, 1.807) is 6.07 Å². The largest absolute Gasteiger partial charge is 0.507 e. The lowest BCUT2D eigenvalue weighted by Gasteiger charge is -2.36. The van der Waals surface area contributed by atoms with Crippen molar-refractivity contribution in [2.75, 3.05) is 31.2 Å². The standard InChI is InChI=1S/C22H30N4O4/c1-14-10-15(2)20(18(27)11-14)17-6-7-19(25-24-17)26-8-9-29-13-16(26)12-23-21(28)30-22(3,4)5/h6-7,10-11,16,27H,8-9,12-13H2,1-5H3,(H,23,28)/t16-/m1/s1. The summed E-state index contributed by atoms with van der Waals surface area (Å²) in [5, 5.41) is 21.9. The van der Waals surface area contributed by atoms with E-state index in [4.69, 9.17) is 9.47 Å². The van der Waals surface area contributed by atoms with Crippen molar-refractivity contribution in [2.45, 2.75) is 46.3 Å². The lowest BCUT2D eigenvalue weighted by Crippen LogP contribution is -2.52. The molecule has 1 atom stereocenters. The van der Waals surface area contributed by atoms with Crippen molar-refractivity contribution in [1.29, 1.82) is 0 Å². The highest BCUT2D eigenvalue weighted by atomic mass is 16.6. The van der Waals surface area contributed by atoms with Gasteiger partial charge in [-0.05, 0) is 63.9 Å². The number of aryl methyl sites for hydroxylation is 2. The zero-order chi connectivity index (χ0) is 21.9. The van der Waals surface area contributed by atoms with E-state index >= 15 is 0 Å². The summed E-state index contributed by atoms with van der Waals surface area (Å²) in [5.41, 5.74) is 2.69. The van der Waals surface area contributed by atoms with Gasteiger partial charge in [0.15, 0.2) is 5.82 Å². The molecule has 8 nitrogen and oxygen atoms in total. The first-order chi connectivity index (χ1) is 14.1. The van der Waals surface area contributed by atoms with E-state index < -0.39 is 11.7 Å². The van der Waals surface area contributed by atoms with Crippen LogP contribution in [0.1, 0.15) is 31.9 Å². The van der Waals surface area contributed by atoms with Crippen LogP contribution in [0.25, 0.3) is 11.3 Å². The van der Waals surface area contributed by atoms with Crippen LogP contribution in [0.15, 0.2) is 24.3 Å². The first-order valence-corrected chi connectivity index (χ1v) is 10.1. The van der Waals surface area contributed by atoms with Gasteiger partial charge in [0.2, 0.25) is 0 Å². The highest BCUT2D eigenvalue weighted by Crippen LogP contribution is 2.32. The Balaban J connectivity index is 1.73. The third kappa shape index (κ3) is 5.38. The lowest BCUT2D eigenvalue weighted by atomic mass is 10.0. The maximum Gasteiger partial charge on any atom is 0.407 e. The number of aromatic nitrogens is 2. The van der Waals surface area contributed by atoms with Gasteiger partial charge in [0, 0.05) is 18.7 Å². The Labute approximate surface area is 177 Å². The second-order valence-electron chi connectivity index (χ2n) is 8.56. The van der Waals surface area contributed by atoms with Gasteiger partial charge in [-0.3, -0.25) is 0 Å². The fourth-order valence-electron chi connectivity index (χ4n) is 3.53. The van der Waals surface area contributed by atoms with Gasteiger partial charge in [-0.15, -0.1) is 10.2 Å². The number of rotatable bonds is 4. The number of carbonyl (C=O) groups is 1. The molecule has 0 aliphatic carbocycles. The molecular weight excluding hydrogens is 384 g/mol. The molecule has 1 aromatic carbocycles. The number of anilines is 1. The minimum absolute atomic E-state index is 0.0825. The van der Waals surface area contributed by atoms with Crippen LogP contribution >= 0.6 is 0 Å². The van der Waals surface area contributed by atoms with Gasteiger partial charge in [0.25, 0.3) is 0 Å². The molecule has 1 aromatic heterocycles. The Morgan fingerprint density at radius 2 is 2.07 bits per heavy atom. The Kier molecular flexibility index (Phi) is 6.45. The van der Waals surface area contributed by atoms with Crippen LogP contribution < -0.4 is 10.2 Å². The van der Waals surface area contributed by atoms with E-state index in [0.717, 1.165) is 11.1 Å². The van der Waals surface area contributed by atoms with Gasteiger partial charge in [-0.2, -0.15) is 0 Å². The molecule has 0 saturated carbocycles. The number of alkyl carbamates (subject to hydrolysis) is 1. The molecule has 0 unspecified atom stereocenters. The number of nitrogens with zero attached hydrogens (tertiary/aromatic N) is 3. The summed E-state index contributed by atoms with van der Waals surface area (Å²) in [5.74, 6) is 0.891. The molecule has 1 amide bonds. The number of nitrogens with one attached hydrogen (secondary N) is 1. The van der Waals surface area contributed by atoms with Crippen molar-refractivity contribution in [3.8, 4) is 17.0 Å². The van der Waals surface area contributed by atoms with Crippen LogP contribution in [0.5, 0.6) is 5.75 Å². The first-order valence-electron chi connectivity index (χ1n) is 10.1. The van der Waals surface area contributed by atoms with Gasteiger partial charge >= 0.3 is 6.09 Å². The van der Waals surface area contributed by atoms with Gasteiger partial charge < -0.3 is 24.8 Å². The molecule has 1 fully saturated rings. The highest BCUT2D eigenvalue weighted by molar-refractivity contribution is 5.71. The molecular formula is C22H30N4O4. The molecule has 30 heavy (non-hydrogen) atoms. The summed E-state index contributed by atoms with van der Waals surface area (Å²) < 4.78 is 10.9. The minimum atomic E-state index is -0.548. The van der Waals surface area contributed by atoms with Crippen LogP contribution in [-0.4, -0.2) is 59.3 Å². The number of ether oxygens (including phenoxy) is 2. The third-order valence-corrected chi connectivity index (χ3v) is 4.77. The molecule has 1 aliphatic rings. The Morgan fingerprint density at radius 1 is 1.30 bits per heavy atom. The molecule has 2 N–H and O–H groups in total. The smallest absolute Gasteiger partial charge is 0.407 e. The maximum atomic E-state index is 12.0. The average molecular weight is 415 g/mol. The number of amides is 1. The van der Waals surface area contributed by atoms with Crippen molar-refractivity contribution >= 4 is 11.9 Å². The van der Waals surface area contributed by atoms with Gasteiger partial charge in [-0.1, -0.05) is 6.07 Å². The van der Waals surface area contributed by atoms with Crippen molar-refractivity contribution in [3.05, 3.63) is 35.4 Å². The van der Waals surface area contributed by atoms with Crippen LogP contribution in [0.4, 0.5) is 10.6 Å². The number of phenols is 1. The fourth-order valence-corrected chi connectivity index (χ4v) is 3.53. The second-order valence-corrected chi connectivity index (χ2v) is 8.56. The number of hydrogen-bond acceptors (Lipinski definition) is 7. The minimum Gasteiger partial charge on any atom is -0.507 e. The fraction of sp³-hybridized carbons (Fsp3) is 0.500. The van der Waals surface area contributed by atoms with Crippen LogP contribution in [0.3, 0.4) is 0 Å². The van der Waals surface area contributed by atoms with Crippen molar-refractivity contribution in [2.24, 2.45) is 0 Å². The molecule has 0 spiro atoms. The summed E-state index contributed by atoms with van der Waals surface area (Å²) in [4.78, 5) is 14.1. The third-order valence-electron chi connectivity index (χ3n) is 4.77. The normalized spacial score (nSPS) is 17.0. The molecule has 0 bridgehead atoms. The summed E-state index contributed by atoms with van der Waals surface area (Å²) in [7, 11) is 0. The lowest BCUT2D eigenvalue weighted by molar-refractivity contribution is 0.0497. The second kappa shape index (κ2) is 8.87. The molecule has 2 aromatic rings. The van der Waals surface area contributed by atoms with Crippen molar-refractivity contribution in [3.63, 3.8) is 0 Å². The molecule has 2 heterocycles. The Hall–Kier alpha value is -2.87. The molecule has 3 rings (SSSR count). The topological polar surface area (TPSA) is 96.8 Å². The first kappa shape index (κ1) is 21.8. The molecule has 162 valence electrons. The predicted octanol–water partition coefficient (Wildman–Crippen LogP) is 3.20. The zero-order valence-electron chi connectivity index (χ0n) is 18.2. The zero-order valence-corrected chi connectivity index (χ0v) is 18.2. The SMILES string of the molecule is Cc1cc(C)c(-c2ccc(N3CCOC[C@H]3CNC(=O)OC(C)(C)C)nn2)c(O)c1. The predicted molar refractivity (Wildman–Crippen MR) is 115 cm³/mol. The van der Waals surface area contributed by atoms with E-state index in [1.165, 1.54) is 0 Å². The van der Waals surface area contributed by atoms with Gasteiger partial charge in [0.1, 0.15) is 11.4 Å². The maximum absolute atomic E-state index is 12.0. The molecule has 1 aliphatic heterocycles. The Bertz CT molecular complexity index is 870. The van der Waals surface area contributed by atoms with Crippen LogP contribution in [0, 0.1) is 13.8 Å². The van der Waals surface area contributed by atoms with E-state index in [2.05, 4.69) is 20.4 Å². The van der Waals surface area contributed by atoms with E-state index in [0.29, 0.717) is 43.4 Å². The number of benzene rings is 1. The van der Waals surface area contributed by atoms with E-state index in [-0.39, 0.29) is 11.8 Å². The monoisotopic (exact) mass is 414 g/mol. The molecule has 8 heteroatoms. The quantitative estimate of drug-likeness (QED) is 0.793. The Morgan fingerprint density at radius 3 is 2.70 bits per heavy atom. The number of morpholine rings is 1. The summed E-state index contributed by atoms with van der Waals surface area (Å²) in [6.45, 7) is 11.4. The molecule has 1 saturated heterocycles. The number of phenolic OH excluding ortho intramolecular Hbond substituents is 1. The van der Waals surface area contributed by atoms with E-state index in [1.807, 2.05) is 52.8 Å². The summed E-state index contributed by atoms with van der Waals surface area (Å²) in [6.07, 6.45) is -0.459. The van der Waals surface area contributed by atoms with Crippen LogP contribution in [0.2, 0.25) is 0 Å². The highest BCUT2D eigenvalue weighted by Gasteiger charge is 2.26. The number of carbonyl (C=O) groups excluding carboxylic acids is 1. The molecule has 0 radical (unpaired) electrons. The van der Waals surface area contributed by atoms with Crippen molar-refractivity contribution < 1.29 is 19.4 Å². The average Bonchev–Trinajstić information content (AvgIpc) is 2.65. The summed E-state index contributed by atoms with van der Waals surface area (Å²) >= 11 is 0. The van der Waals surface area contributed by atoms with Crippen LogP contribution in [-0.2, 0) is 9.47 Å². The number of hydrogen-bond donors (Lipinski definition) is 2. The summed E-state index contributed by atoms with van der Waals surface area (Å²) in [6, 6.07) is 7.38. The van der Waals surface area contributed by atoms with Crippen molar-refractivity contribution in [1.82, 2.24) is 15.5 Å². The van der Waals surface area contributed by atoms with Gasteiger partial charge in [-0.25, -0.2) is 4.79 Å². The number of aromatic hydroxyl groups is 1. The van der Waals surface area contributed by atoms with E-state index in [9.17, 15) is 9.90 Å². The van der Waals surface area contributed by atoms with Gasteiger partial charge in [0.05, 0.1) is 24.9 Å².